The molecule has 244 valence electrons. The Labute approximate surface area is 276 Å². The molecule has 4 N–H and O–H groups in total. The molecule has 2 amide bonds. The molecular formula is C35H36N10O3. The maximum absolute atomic E-state index is 13.2. The van der Waals surface area contributed by atoms with E-state index in [0.717, 1.165) is 22.8 Å². The third-order valence-electron chi connectivity index (χ3n) is 7.69. The molecule has 0 radical (unpaired) electrons. The Bertz CT molecular complexity index is 1990. The van der Waals surface area contributed by atoms with E-state index in [1.165, 1.54) is 0 Å². The number of aryl methyl sites for hydroxylation is 2. The predicted octanol–water partition coefficient (Wildman–Crippen LogP) is 4.29. The summed E-state index contributed by atoms with van der Waals surface area (Å²) in [6, 6.07) is 30.2. The minimum absolute atomic E-state index is 0.0397. The van der Waals surface area contributed by atoms with Crippen molar-refractivity contribution < 1.29 is 9.59 Å². The van der Waals surface area contributed by atoms with Crippen molar-refractivity contribution in [1.29, 1.82) is 0 Å². The fourth-order valence-electron chi connectivity index (χ4n) is 5.48. The molecular weight excluding hydrogens is 608 g/mol. The second-order valence-electron chi connectivity index (χ2n) is 11.4. The van der Waals surface area contributed by atoms with E-state index in [0.29, 0.717) is 47.7 Å². The Morgan fingerprint density at radius 3 is 1.77 bits per heavy atom. The third-order valence-corrected chi connectivity index (χ3v) is 7.69. The van der Waals surface area contributed by atoms with Crippen molar-refractivity contribution in [3.8, 4) is 11.4 Å². The van der Waals surface area contributed by atoms with Gasteiger partial charge >= 0.3 is 0 Å². The number of anilines is 3. The quantitative estimate of drug-likeness (QED) is 0.136. The summed E-state index contributed by atoms with van der Waals surface area (Å²) in [7, 11) is 0. The smallest absolute Gasteiger partial charge is 0.272 e. The molecule has 0 saturated heterocycles. The number of nitrogens with one attached hydrogen (secondary N) is 4. The van der Waals surface area contributed by atoms with E-state index in [9.17, 15) is 14.4 Å². The van der Waals surface area contributed by atoms with Gasteiger partial charge < -0.3 is 16.0 Å². The second kappa shape index (κ2) is 14.6. The Balaban J connectivity index is 1.12. The summed E-state index contributed by atoms with van der Waals surface area (Å²) in [5.74, 6) is 0.800. The van der Waals surface area contributed by atoms with Gasteiger partial charge in [-0.15, -0.1) is 10.2 Å². The zero-order valence-electron chi connectivity index (χ0n) is 26.7. The summed E-state index contributed by atoms with van der Waals surface area (Å²) in [5.41, 5.74) is 3.25. The van der Waals surface area contributed by atoms with Gasteiger partial charge in [0.25, 0.3) is 5.56 Å². The average Bonchev–Trinajstić information content (AvgIpc) is 3.65. The van der Waals surface area contributed by atoms with Gasteiger partial charge in [0.05, 0.1) is 29.9 Å². The van der Waals surface area contributed by atoms with Crippen molar-refractivity contribution in [3.05, 3.63) is 119 Å². The summed E-state index contributed by atoms with van der Waals surface area (Å²) in [4.78, 5) is 40.4. The summed E-state index contributed by atoms with van der Waals surface area (Å²) in [5, 5.41) is 26.1. The van der Waals surface area contributed by atoms with Crippen LogP contribution in [0.1, 0.15) is 17.8 Å². The zero-order chi connectivity index (χ0) is 33.5. The van der Waals surface area contributed by atoms with E-state index in [-0.39, 0.29) is 30.5 Å². The predicted molar refractivity (Wildman–Crippen MR) is 186 cm³/mol. The molecule has 0 atom stereocenters. The number of hydrogen-bond acceptors (Lipinski definition) is 8. The number of hydrogen-bond donors (Lipinski definition) is 4. The van der Waals surface area contributed by atoms with Crippen molar-refractivity contribution in [3.63, 3.8) is 0 Å². The van der Waals surface area contributed by atoms with Crippen molar-refractivity contribution in [2.45, 2.75) is 20.3 Å². The van der Waals surface area contributed by atoms with Crippen LogP contribution >= 0.6 is 0 Å². The second-order valence-corrected chi connectivity index (χ2v) is 11.4. The Kier molecular flexibility index (Phi) is 9.67. The standard InChI is InChI=1S/C35H36N10O3/c1-24-20-30(41-44(24)26-12-5-3-6-13-26)37-32(46)22-43(19-11-18-36-34-28-16-9-10-17-29(28)35(48)40-39-34)23-33(47)38-31-21-25(2)45(42-31)27-14-7-4-8-15-27/h3-10,12-17,20-21H,11,18-19,22-23H2,1-2H3,(H,36,39)(H,40,48)(H,37,41,46)(H,38,42,47). The van der Waals surface area contributed by atoms with Crippen LogP contribution in [0.15, 0.2) is 102 Å². The number of carbonyl (C=O) groups excluding carboxylic acids is 2. The van der Waals surface area contributed by atoms with Gasteiger partial charge in [-0.3, -0.25) is 19.3 Å². The first-order valence-electron chi connectivity index (χ1n) is 15.6. The fraction of sp³-hybridized carbons (Fsp3) is 0.200. The molecule has 0 fully saturated rings. The highest BCUT2D eigenvalue weighted by Gasteiger charge is 2.18. The van der Waals surface area contributed by atoms with Crippen LogP contribution in [-0.4, -0.2) is 72.7 Å². The summed E-state index contributed by atoms with van der Waals surface area (Å²) in [6.45, 7) is 4.67. The average molecular weight is 645 g/mol. The van der Waals surface area contributed by atoms with Crippen LogP contribution in [-0.2, 0) is 9.59 Å². The summed E-state index contributed by atoms with van der Waals surface area (Å²) < 4.78 is 3.52. The number of para-hydroxylation sites is 2. The lowest BCUT2D eigenvalue weighted by atomic mass is 10.2. The highest BCUT2D eigenvalue weighted by atomic mass is 16.2. The van der Waals surface area contributed by atoms with E-state index >= 15 is 0 Å². The van der Waals surface area contributed by atoms with Crippen molar-refractivity contribution in [1.82, 2.24) is 34.7 Å². The number of aromatic amines is 1. The Morgan fingerprint density at radius 2 is 1.23 bits per heavy atom. The number of amides is 2. The monoisotopic (exact) mass is 644 g/mol. The topological polar surface area (TPSA) is 155 Å². The van der Waals surface area contributed by atoms with Crippen LogP contribution in [0.5, 0.6) is 0 Å². The van der Waals surface area contributed by atoms with Gasteiger partial charge in [-0.1, -0.05) is 54.6 Å². The molecule has 0 aliphatic rings. The van der Waals surface area contributed by atoms with Gasteiger partial charge in [0.15, 0.2) is 17.5 Å². The molecule has 6 rings (SSSR count). The van der Waals surface area contributed by atoms with E-state index in [1.807, 2.05) is 86.6 Å². The third kappa shape index (κ3) is 7.65. The van der Waals surface area contributed by atoms with E-state index in [2.05, 4.69) is 36.3 Å². The molecule has 0 saturated carbocycles. The summed E-state index contributed by atoms with van der Waals surface area (Å²) in [6.07, 6.45) is 0.583. The molecule has 13 heteroatoms. The maximum Gasteiger partial charge on any atom is 0.272 e. The first-order chi connectivity index (χ1) is 23.3. The van der Waals surface area contributed by atoms with E-state index in [4.69, 9.17) is 0 Å². The van der Waals surface area contributed by atoms with Crippen LogP contribution in [0.2, 0.25) is 0 Å². The van der Waals surface area contributed by atoms with Crippen LogP contribution in [0, 0.1) is 13.8 Å². The number of carbonyl (C=O) groups is 2. The lowest BCUT2D eigenvalue weighted by Gasteiger charge is -2.21. The van der Waals surface area contributed by atoms with Crippen molar-refractivity contribution in [2.75, 3.05) is 42.1 Å². The van der Waals surface area contributed by atoms with Gasteiger partial charge in [-0.05, 0) is 50.6 Å². The van der Waals surface area contributed by atoms with Crippen molar-refractivity contribution >= 4 is 40.0 Å². The van der Waals surface area contributed by atoms with Gasteiger partial charge in [0.1, 0.15) is 0 Å². The Hall–Kier alpha value is -6.08. The van der Waals surface area contributed by atoms with Crippen LogP contribution in [0.4, 0.5) is 17.5 Å². The lowest BCUT2D eigenvalue weighted by molar-refractivity contribution is -0.120. The number of fused-ring (bicyclic) bond motifs is 1. The maximum atomic E-state index is 13.2. The normalized spacial score (nSPS) is 11.1. The molecule has 3 aromatic carbocycles. The van der Waals surface area contributed by atoms with Gasteiger partial charge in [-0.2, -0.15) is 5.10 Å². The molecule has 0 unspecified atom stereocenters. The first-order valence-corrected chi connectivity index (χ1v) is 15.6. The number of aromatic nitrogens is 6. The lowest BCUT2D eigenvalue weighted by Crippen LogP contribution is -2.40. The number of nitrogens with zero attached hydrogens (tertiary/aromatic N) is 6. The van der Waals surface area contributed by atoms with E-state index in [1.54, 1.807) is 38.5 Å². The van der Waals surface area contributed by atoms with Crippen molar-refractivity contribution in [2.24, 2.45) is 0 Å². The molecule has 3 heterocycles. The Morgan fingerprint density at radius 1 is 0.729 bits per heavy atom. The van der Waals surface area contributed by atoms with Gasteiger partial charge in [0.2, 0.25) is 11.8 Å². The highest BCUT2D eigenvalue weighted by molar-refractivity contribution is 5.94. The number of rotatable bonds is 13. The van der Waals surface area contributed by atoms with Crippen LogP contribution in [0.3, 0.4) is 0 Å². The van der Waals surface area contributed by atoms with Crippen LogP contribution < -0.4 is 21.5 Å². The molecule has 13 nitrogen and oxygen atoms in total. The molecule has 3 aromatic heterocycles. The molecule has 0 spiro atoms. The number of benzene rings is 3. The van der Waals surface area contributed by atoms with Gasteiger partial charge in [0, 0.05) is 42.0 Å². The SMILES string of the molecule is Cc1cc(NC(=O)CN(CCCNc2n[nH]c(=O)c3ccccc23)CC(=O)Nc2cc(C)n(-c3ccccc3)n2)nn1-c1ccccc1. The van der Waals surface area contributed by atoms with Crippen LogP contribution in [0.25, 0.3) is 22.1 Å². The highest BCUT2D eigenvalue weighted by Crippen LogP contribution is 2.18. The molecule has 48 heavy (non-hydrogen) atoms. The minimum atomic E-state index is -0.300. The van der Waals surface area contributed by atoms with E-state index < -0.39 is 0 Å². The largest absolute Gasteiger partial charge is 0.368 e. The summed E-state index contributed by atoms with van der Waals surface area (Å²) >= 11 is 0. The molecule has 0 bridgehead atoms. The molecule has 0 aliphatic heterocycles. The zero-order valence-corrected chi connectivity index (χ0v) is 26.7. The molecule has 0 aliphatic carbocycles. The number of H-pyrrole nitrogens is 1. The minimum Gasteiger partial charge on any atom is -0.368 e. The fourth-order valence-corrected chi connectivity index (χ4v) is 5.48. The molecule has 6 aromatic rings. The van der Waals surface area contributed by atoms with Gasteiger partial charge in [-0.25, -0.2) is 14.5 Å². The first kappa shape index (κ1) is 31.9.